The van der Waals surface area contributed by atoms with Crippen LogP contribution in [-0.2, 0) is 0 Å². The third-order valence-electron chi connectivity index (χ3n) is 4.87. The minimum absolute atomic E-state index is 0.537. The van der Waals surface area contributed by atoms with Gasteiger partial charge < -0.3 is 0 Å². The van der Waals surface area contributed by atoms with Gasteiger partial charge in [-0.25, -0.2) is 0 Å². The van der Waals surface area contributed by atoms with E-state index >= 15 is 0 Å². The monoisotopic (exact) mass is 406 g/mol. The van der Waals surface area contributed by atoms with Crippen LogP contribution in [0.2, 0.25) is 39.3 Å². The molecule has 140 valence electrons. The summed E-state index contributed by atoms with van der Waals surface area (Å²) in [4.78, 5) is 0. The summed E-state index contributed by atoms with van der Waals surface area (Å²) >= 11 is 0. The van der Waals surface area contributed by atoms with Crippen molar-refractivity contribution in [1.29, 1.82) is 0 Å². The highest BCUT2D eigenvalue weighted by molar-refractivity contribution is 7.80. The Morgan fingerprint density at radius 3 is 1.41 bits per heavy atom. The average molecular weight is 407 g/mol. The van der Waals surface area contributed by atoms with Crippen molar-refractivity contribution >= 4 is 50.4 Å². The van der Waals surface area contributed by atoms with E-state index in [0.29, 0.717) is 0 Å². The van der Waals surface area contributed by atoms with Crippen molar-refractivity contribution in [1.82, 2.24) is 0 Å². The minimum atomic E-state index is -1.51. The van der Waals surface area contributed by atoms with Crippen LogP contribution >= 0.6 is 7.92 Å². The molecule has 0 unspecified atom stereocenters. The molecule has 3 rings (SSSR count). The van der Waals surface area contributed by atoms with Crippen LogP contribution in [0.15, 0.2) is 78.9 Å². The molecule has 0 amide bonds. The Kier molecular flexibility index (Phi) is 5.91. The molecular weight excluding hydrogens is 375 g/mol. The molecule has 0 heterocycles. The third-order valence-corrected chi connectivity index (χ3v) is 11.9. The molecule has 0 saturated carbocycles. The van der Waals surface area contributed by atoms with Gasteiger partial charge >= 0.3 is 0 Å². The second kappa shape index (κ2) is 7.87. The van der Waals surface area contributed by atoms with Crippen molar-refractivity contribution < 1.29 is 0 Å². The lowest BCUT2D eigenvalue weighted by atomic mass is 10.3. The Morgan fingerprint density at radius 2 is 1.00 bits per heavy atom. The van der Waals surface area contributed by atoms with Gasteiger partial charge in [0.15, 0.2) is 0 Å². The summed E-state index contributed by atoms with van der Waals surface area (Å²) in [5.74, 6) is 0. The van der Waals surface area contributed by atoms with Gasteiger partial charge in [0.05, 0.1) is 16.1 Å². The predicted octanol–water partition coefficient (Wildman–Crippen LogP) is 4.54. The normalized spacial score (nSPS) is 12.4. The van der Waals surface area contributed by atoms with Crippen LogP contribution in [0.25, 0.3) is 0 Å². The summed E-state index contributed by atoms with van der Waals surface area (Å²) in [5, 5.41) is 7.86. The van der Waals surface area contributed by atoms with Crippen LogP contribution in [0, 0.1) is 0 Å². The van der Waals surface area contributed by atoms with E-state index < -0.39 is 24.1 Å². The summed E-state index contributed by atoms with van der Waals surface area (Å²) in [5.41, 5.74) is 0. The molecule has 0 radical (unpaired) electrons. The van der Waals surface area contributed by atoms with Crippen molar-refractivity contribution in [3.63, 3.8) is 0 Å². The van der Waals surface area contributed by atoms with Crippen molar-refractivity contribution in [2.75, 3.05) is 0 Å². The van der Waals surface area contributed by atoms with E-state index in [1.54, 1.807) is 15.7 Å². The first-order chi connectivity index (χ1) is 12.7. The van der Waals surface area contributed by atoms with Crippen LogP contribution < -0.4 is 26.3 Å². The third kappa shape index (κ3) is 4.51. The molecule has 3 aromatic carbocycles. The molecule has 0 bridgehead atoms. The lowest BCUT2D eigenvalue weighted by molar-refractivity contribution is 1.68. The largest absolute Gasteiger partial charge is 0.0783 e. The standard InChI is InChI=1S/C24H31PSi2/c1-26(2,3)23-19-13-18-22(24(23)27(4,5)6)25(20-14-9-7-10-15-20)21-16-11-8-12-17-21/h7-19H,1-6H3. The first-order valence-corrected chi connectivity index (χ1v) is 18.1. The van der Waals surface area contributed by atoms with Crippen LogP contribution in [0.4, 0.5) is 0 Å². The molecule has 0 aromatic heterocycles. The van der Waals surface area contributed by atoms with Crippen LogP contribution in [0.3, 0.4) is 0 Å². The molecule has 0 aliphatic heterocycles. The lowest BCUT2D eigenvalue weighted by Crippen LogP contribution is -2.61. The fraction of sp³-hybridized carbons (Fsp3) is 0.250. The van der Waals surface area contributed by atoms with E-state index in [0.717, 1.165) is 0 Å². The van der Waals surface area contributed by atoms with E-state index in [1.807, 2.05) is 0 Å². The zero-order valence-corrected chi connectivity index (χ0v) is 20.3. The molecule has 0 spiro atoms. The Labute approximate surface area is 168 Å². The first kappa shape index (κ1) is 20.3. The lowest BCUT2D eigenvalue weighted by Gasteiger charge is -2.33. The van der Waals surface area contributed by atoms with E-state index in [4.69, 9.17) is 0 Å². The highest BCUT2D eigenvalue weighted by Gasteiger charge is 2.32. The second-order valence-corrected chi connectivity index (χ2v) is 21.4. The van der Waals surface area contributed by atoms with Gasteiger partial charge in [0.2, 0.25) is 0 Å². The van der Waals surface area contributed by atoms with Crippen molar-refractivity contribution in [3.8, 4) is 0 Å². The molecule has 0 aliphatic carbocycles. The van der Waals surface area contributed by atoms with Crippen LogP contribution in [-0.4, -0.2) is 16.1 Å². The number of hydrogen-bond donors (Lipinski definition) is 0. The molecule has 0 aliphatic rings. The fourth-order valence-electron chi connectivity index (χ4n) is 3.72. The summed E-state index contributed by atoms with van der Waals surface area (Å²) in [6.45, 7) is 15.0. The highest BCUT2D eigenvalue weighted by Crippen LogP contribution is 2.32. The zero-order valence-electron chi connectivity index (χ0n) is 17.5. The van der Waals surface area contributed by atoms with Gasteiger partial charge in [-0.05, 0) is 23.8 Å². The molecule has 0 saturated heterocycles. The molecule has 3 aromatic rings. The van der Waals surface area contributed by atoms with Gasteiger partial charge in [0.1, 0.15) is 0 Å². The van der Waals surface area contributed by atoms with Crippen molar-refractivity contribution in [2.24, 2.45) is 0 Å². The Morgan fingerprint density at radius 1 is 0.519 bits per heavy atom. The summed E-state index contributed by atoms with van der Waals surface area (Å²) < 4.78 is 0. The molecule has 0 N–H and O–H groups in total. The topological polar surface area (TPSA) is 0 Å². The van der Waals surface area contributed by atoms with Gasteiger partial charge in [-0.3, -0.25) is 0 Å². The van der Waals surface area contributed by atoms with Gasteiger partial charge in [-0.2, -0.15) is 0 Å². The predicted molar refractivity (Wildman–Crippen MR) is 131 cm³/mol. The van der Waals surface area contributed by atoms with E-state index in [-0.39, 0.29) is 0 Å². The fourth-order valence-corrected chi connectivity index (χ4v) is 13.0. The first-order valence-electron chi connectivity index (χ1n) is 9.74. The Bertz CT molecular complexity index is 852. The van der Waals surface area contributed by atoms with E-state index in [9.17, 15) is 0 Å². The molecule has 0 fully saturated rings. The highest BCUT2D eigenvalue weighted by atomic mass is 31.1. The van der Waals surface area contributed by atoms with Gasteiger partial charge in [0, 0.05) is 0 Å². The quantitative estimate of drug-likeness (QED) is 0.431. The number of rotatable bonds is 5. The average Bonchev–Trinajstić information content (AvgIpc) is 2.62. The summed E-state index contributed by atoms with van der Waals surface area (Å²) in [7, 11) is -3.47. The molecular formula is C24H31PSi2. The van der Waals surface area contributed by atoms with E-state index in [1.165, 1.54) is 10.6 Å². The second-order valence-electron chi connectivity index (χ2n) is 9.21. The zero-order chi connectivity index (χ0) is 19.7. The summed E-state index contributed by atoms with van der Waals surface area (Å²) in [6.07, 6.45) is 0. The van der Waals surface area contributed by atoms with Crippen molar-refractivity contribution in [3.05, 3.63) is 78.9 Å². The van der Waals surface area contributed by atoms with E-state index in [2.05, 4.69) is 118 Å². The molecule has 27 heavy (non-hydrogen) atoms. The molecule has 3 heteroatoms. The van der Waals surface area contributed by atoms with Gasteiger partial charge in [-0.1, -0.05) is 129 Å². The maximum Gasteiger partial charge on any atom is 0.0783 e. The molecule has 0 atom stereocenters. The maximum absolute atomic E-state index is 2.51. The maximum atomic E-state index is 2.51. The Balaban J connectivity index is 2.34. The number of benzene rings is 3. The van der Waals surface area contributed by atoms with Crippen LogP contribution in [0.1, 0.15) is 0 Å². The SMILES string of the molecule is C[Si](C)(C)c1cccc(P(c2ccccc2)c2ccccc2)c1[Si](C)(C)C. The number of hydrogen-bond acceptors (Lipinski definition) is 0. The minimum Gasteiger partial charge on any atom is -0.0656 e. The Hall–Kier alpha value is -1.48. The molecule has 0 nitrogen and oxygen atoms in total. The summed E-state index contributed by atoms with van der Waals surface area (Å²) in [6, 6.07) is 29.4. The van der Waals surface area contributed by atoms with Gasteiger partial charge in [0.25, 0.3) is 0 Å². The smallest absolute Gasteiger partial charge is 0.0656 e. The van der Waals surface area contributed by atoms with Crippen LogP contribution in [0.5, 0.6) is 0 Å². The van der Waals surface area contributed by atoms with Gasteiger partial charge in [-0.15, -0.1) is 0 Å². The van der Waals surface area contributed by atoms with Crippen molar-refractivity contribution in [2.45, 2.75) is 39.3 Å².